The lowest BCUT2D eigenvalue weighted by molar-refractivity contribution is 0.399. The number of alkyl halides is 1. The highest BCUT2D eigenvalue weighted by atomic mass is 79.9. The maximum Gasteiger partial charge on any atom is 0.123 e. The van der Waals surface area contributed by atoms with Crippen LogP contribution >= 0.6 is 15.9 Å². The second kappa shape index (κ2) is 6.31. The molecule has 2 aromatic carbocycles. The fourth-order valence-electron chi connectivity index (χ4n) is 2.42. The summed E-state index contributed by atoms with van der Waals surface area (Å²) >= 11 is 3.82. The lowest BCUT2D eigenvalue weighted by Crippen LogP contribution is -2.02. The van der Waals surface area contributed by atoms with E-state index in [2.05, 4.69) is 48.0 Å². The molecule has 1 atom stereocenters. The first-order valence-electron chi connectivity index (χ1n) is 6.50. The Morgan fingerprint density at radius 2 is 1.60 bits per heavy atom. The zero-order chi connectivity index (χ0) is 14.7. The van der Waals surface area contributed by atoms with Crippen molar-refractivity contribution in [3.05, 3.63) is 58.7 Å². The maximum atomic E-state index is 5.48. The largest absolute Gasteiger partial charge is 0.497 e. The fourth-order valence-corrected chi connectivity index (χ4v) is 3.50. The van der Waals surface area contributed by atoms with Crippen LogP contribution in [-0.4, -0.2) is 14.2 Å². The smallest absolute Gasteiger partial charge is 0.123 e. The molecule has 2 aromatic rings. The zero-order valence-corrected chi connectivity index (χ0v) is 13.8. The lowest BCUT2D eigenvalue weighted by Gasteiger charge is -2.19. The van der Waals surface area contributed by atoms with Crippen LogP contribution in [0.25, 0.3) is 0 Å². The standard InChI is InChI=1S/C17H19BrO2/c1-11-6-5-7-12(2)16(11)17(18)14-10-13(19-3)8-9-15(14)20-4/h5-10,17H,1-4H3. The molecule has 0 aliphatic heterocycles. The van der Waals surface area contributed by atoms with Crippen molar-refractivity contribution in [1.82, 2.24) is 0 Å². The van der Waals surface area contributed by atoms with Gasteiger partial charge in [0.1, 0.15) is 11.5 Å². The molecule has 2 rings (SSSR count). The van der Waals surface area contributed by atoms with Crippen LogP contribution in [-0.2, 0) is 0 Å². The molecule has 2 nitrogen and oxygen atoms in total. The second-order valence-electron chi connectivity index (χ2n) is 4.78. The summed E-state index contributed by atoms with van der Waals surface area (Å²) < 4.78 is 10.8. The van der Waals surface area contributed by atoms with Gasteiger partial charge in [-0.3, -0.25) is 0 Å². The van der Waals surface area contributed by atoms with Crippen LogP contribution < -0.4 is 9.47 Å². The van der Waals surface area contributed by atoms with Crippen molar-refractivity contribution in [2.75, 3.05) is 14.2 Å². The molecule has 0 radical (unpaired) electrons. The van der Waals surface area contributed by atoms with Crippen LogP contribution in [0.4, 0.5) is 0 Å². The third-order valence-electron chi connectivity index (χ3n) is 3.51. The Balaban J connectivity index is 2.55. The molecule has 1 unspecified atom stereocenters. The van der Waals surface area contributed by atoms with E-state index in [1.165, 1.54) is 16.7 Å². The minimum atomic E-state index is 0.0775. The molecule has 0 saturated heterocycles. The van der Waals surface area contributed by atoms with Crippen LogP contribution in [0.15, 0.2) is 36.4 Å². The SMILES string of the molecule is COc1ccc(OC)c(C(Br)c2c(C)cccc2C)c1. The summed E-state index contributed by atoms with van der Waals surface area (Å²) in [6.07, 6.45) is 0. The van der Waals surface area contributed by atoms with E-state index in [4.69, 9.17) is 9.47 Å². The number of ether oxygens (including phenoxy) is 2. The van der Waals surface area contributed by atoms with Gasteiger partial charge in [0, 0.05) is 5.56 Å². The Morgan fingerprint density at radius 1 is 0.950 bits per heavy atom. The first-order valence-corrected chi connectivity index (χ1v) is 7.42. The van der Waals surface area contributed by atoms with Crippen LogP contribution in [0.5, 0.6) is 11.5 Å². The monoisotopic (exact) mass is 334 g/mol. The van der Waals surface area contributed by atoms with Crippen molar-refractivity contribution >= 4 is 15.9 Å². The summed E-state index contributed by atoms with van der Waals surface area (Å²) in [7, 11) is 3.36. The summed E-state index contributed by atoms with van der Waals surface area (Å²) in [5.74, 6) is 1.69. The van der Waals surface area contributed by atoms with E-state index in [-0.39, 0.29) is 4.83 Å². The Hall–Kier alpha value is -1.48. The highest BCUT2D eigenvalue weighted by molar-refractivity contribution is 9.09. The molecule has 20 heavy (non-hydrogen) atoms. The minimum absolute atomic E-state index is 0.0775. The summed E-state index contributed by atoms with van der Waals surface area (Å²) in [5.41, 5.74) is 4.87. The first kappa shape index (κ1) is 14.9. The lowest BCUT2D eigenvalue weighted by atomic mass is 9.95. The van der Waals surface area contributed by atoms with Crippen molar-refractivity contribution in [3.8, 4) is 11.5 Å². The van der Waals surface area contributed by atoms with Crippen molar-refractivity contribution in [3.63, 3.8) is 0 Å². The highest BCUT2D eigenvalue weighted by Gasteiger charge is 2.19. The minimum Gasteiger partial charge on any atom is -0.497 e. The van der Waals surface area contributed by atoms with Crippen molar-refractivity contribution in [2.45, 2.75) is 18.7 Å². The van der Waals surface area contributed by atoms with E-state index < -0.39 is 0 Å². The molecule has 0 fully saturated rings. The van der Waals surface area contributed by atoms with Gasteiger partial charge in [0.2, 0.25) is 0 Å². The molecule has 106 valence electrons. The molecule has 0 spiro atoms. The fraction of sp³-hybridized carbons (Fsp3) is 0.294. The molecular weight excluding hydrogens is 316 g/mol. The second-order valence-corrected chi connectivity index (χ2v) is 5.69. The van der Waals surface area contributed by atoms with Gasteiger partial charge in [-0.15, -0.1) is 0 Å². The zero-order valence-electron chi connectivity index (χ0n) is 12.2. The van der Waals surface area contributed by atoms with Crippen molar-refractivity contribution < 1.29 is 9.47 Å². The number of rotatable bonds is 4. The quantitative estimate of drug-likeness (QED) is 0.747. The number of halogens is 1. The summed E-state index contributed by atoms with van der Waals surface area (Å²) in [4.78, 5) is 0.0775. The van der Waals surface area contributed by atoms with E-state index in [9.17, 15) is 0 Å². The van der Waals surface area contributed by atoms with Gasteiger partial charge in [-0.2, -0.15) is 0 Å². The number of hydrogen-bond donors (Lipinski definition) is 0. The van der Waals surface area contributed by atoms with Gasteiger partial charge in [0.25, 0.3) is 0 Å². The first-order chi connectivity index (χ1) is 9.58. The average Bonchev–Trinajstić information content (AvgIpc) is 2.46. The molecule has 0 aromatic heterocycles. The van der Waals surface area contributed by atoms with Crippen molar-refractivity contribution in [2.24, 2.45) is 0 Å². The molecule has 0 N–H and O–H groups in total. The molecular formula is C17H19BrO2. The Morgan fingerprint density at radius 3 is 2.15 bits per heavy atom. The molecule has 0 amide bonds. The highest BCUT2D eigenvalue weighted by Crippen LogP contribution is 2.40. The normalized spacial score (nSPS) is 12.1. The number of benzene rings is 2. The van der Waals surface area contributed by atoms with E-state index >= 15 is 0 Å². The summed E-state index contributed by atoms with van der Waals surface area (Å²) in [6.45, 7) is 4.26. The van der Waals surface area contributed by atoms with Crippen LogP contribution in [0.2, 0.25) is 0 Å². The van der Waals surface area contributed by atoms with Gasteiger partial charge in [0.05, 0.1) is 19.0 Å². The third kappa shape index (κ3) is 2.83. The molecule has 0 heterocycles. The molecule has 0 aliphatic carbocycles. The topological polar surface area (TPSA) is 18.5 Å². The molecule has 3 heteroatoms. The van der Waals surface area contributed by atoms with Crippen LogP contribution in [0.3, 0.4) is 0 Å². The van der Waals surface area contributed by atoms with Gasteiger partial charge in [-0.25, -0.2) is 0 Å². The van der Waals surface area contributed by atoms with Crippen molar-refractivity contribution in [1.29, 1.82) is 0 Å². The molecule has 0 saturated carbocycles. The van der Waals surface area contributed by atoms with E-state index in [1.54, 1.807) is 14.2 Å². The summed E-state index contributed by atoms with van der Waals surface area (Å²) in [6, 6.07) is 12.2. The Kier molecular flexibility index (Phi) is 4.71. The van der Waals surface area contributed by atoms with Crippen LogP contribution in [0.1, 0.15) is 27.1 Å². The number of hydrogen-bond acceptors (Lipinski definition) is 2. The number of aryl methyl sites for hydroxylation is 2. The predicted octanol–water partition coefficient (Wildman–Crippen LogP) is 4.80. The van der Waals surface area contributed by atoms with Gasteiger partial charge in [-0.1, -0.05) is 34.1 Å². The Bertz CT molecular complexity index is 588. The third-order valence-corrected chi connectivity index (χ3v) is 4.46. The predicted molar refractivity (Wildman–Crippen MR) is 86.2 cm³/mol. The molecule has 0 bridgehead atoms. The van der Waals surface area contributed by atoms with E-state index in [0.717, 1.165) is 17.1 Å². The average molecular weight is 335 g/mol. The molecule has 0 aliphatic rings. The van der Waals surface area contributed by atoms with Crippen LogP contribution in [0, 0.1) is 13.8 Å². The van der Waals surface area contributed by atoms with Gasteiger partial charge < -0.3 is 9.47 Å². The van der Waals surface area contributed by atoms with Gasteiger partial charge >= 0.3 is 0 Å². The van der Waals surface area contributed by atoms with Gasteiger partial charge in [-0.05, 0) is 48.7 Å². The maximum absolute atomic E-state index is 5.48. The Labute approximate surface area is 128 Å². The van der Waals surface area contributed by atoms with Gasteiger partial charge in [0.15, 0.2) is 0 Å². The van der Waals surface area contributed by atoms with E-state index in [0.29, 0.717) is 0 Å². The number of methoxy groups -OCH3 is 2. The summed E-state index contributed by atoms with van der Waals surface area (Å²) in [5, 5.41) is 0. The van der Waals surface area contributed by atoms with E-state index in [1.807, 2.05) is 18.2 Å².